The lowest BCUT2D eigenvalue weighted by molar-refractivity contribution is -0.140. The third kappa shape index (κ3) is 2.85. The molecule has 0 aromatic carbocycles. The molecule has 0 saturated carbocycles. The zero-order chi connectivity index (χ0) is 10.6. The molecule has 0 fully saturated rings. The van der Waals surface area contributed by atoms with Crippen LogP contribution in [0.2, 0.25) is 0 Å². The summed E-state index contributed by atoms with van der Waals surface area (Å²) in [5.74, 6) is -0.755. The summed E-state index contributed by atoms with van der Waals surface area (Å²) in [5.41, 5.74) is 0.886. The average Bonchev–Trinajstić information content (AvgIpc) is 2.55. The van der Waals surface area contributed by atoms with Crippen molar-refractivity contribution in [3.05, 3.63) is 18.0 Å². The fraction of sp³-hybridized carbons (Fsp3) is 0.556. The molecule has 1 rings (SSSR count). The molecular weight excluding hydrogens is 182 g/mol. The first-order chi connectivity index (χ1) is 6.61. The monoisotopic (exact) mass is 197 g/mol. The lowest BCUT2D eigenvalue weighted by atomic mass is 10.0. The summed E-state index contributed by atoms with van der Waals surface area (Å²) in [6.45, 7) is 4.24. The van der Waals surface area contributed by atoms with Crippen molar-refractivity contribution < 1.29 is 9.90 Å². The summed E-state index contributed by atoms with van der Waals surface area (Å²) in [4.78, 5) is 10.8. The highest BCUT2D eigenvalue weighted by Crippen LogP contribution is 2.02. The van der Waals surface area contributed by atoms with E-state index in [2.05, 4.69) is 15.5 Å². The van der Waals surface area contributed by atoms with Gasteiger partial charge in [0.1, 0.15) is 6.04 Å². The second-order valence-electron chi connectivity index (χ2n) is 3.52. The standard InChI is InChI=1S/C9H15N3O2/c1-6(2)8(9(13)14)10-5-7-3-4-11-12-7/h3-4,6,8,10H,5H2,1-2H3,(H,11,12)(H,13,14). The lowest BCUT2D eigenvalue weighted by Crippen LogP contribution is -2.40. The topological polar surface area (TPSA) is 78.0 Å². The van der Waals surface area contributed by atoms with Gasteiger partial charge in [-0.1, -0.05) is 13.8 Å². The third-order valence-corrected chi connectivity index (χ3v) is 2.00. The molecule has 0 amide bonds. The molecular formula is C9H15N3O2. The third-order valence-electron chi connectivity index (χ3n) is 2.00. The van der Waals surface area contributed by atoms with Crippen molar-refractivity contribution >= 4 is 5.97 Å². The van der Waals surface area contributed by atoms with E-state index < -0.39 is 12.0 Å². The number of aromatic amines is 1. The van der Waals surface area contributed by atoms with E-state index in [0.717, 1.165) is 5.69 Å². The fourth-order valence-electron chi connectivity index (χ4n) is 1.21. The minimum Gasteiger partial charge on any atom is -0.480 e. The number of aromatic nitrogens is 2. The highest BCUT2D eigenvalue weighted by Gasteiger charge is 2.20. The molecule has 78 valence electrons. The van der Waals surface area contributed by atoms with Crippen LogP contribution in [0, 0.1) is 5.92 Å². The van der Waals surface area contributed by atoms with Gasteiger partial charge in [-0.05, 0) is 12.0 Å². The molecule has 1 aromatic heterocycles. The van der Waals surface area contributed by atoms with Gasteiger partial charge in [-0.3, -0.25) is 15.2 Å². The van der Waals surface area contributed by atoms with Crippen molar-refractivity contribution in [2.75, 3.05) is 0 Å². The second-order valence-corrected chi connectivity index (χ2v) is 3.52. The van der Waals surface area contributed by atoms with Gasteiger partial charge in [0.25, 0.3) is 0 Å². The van der Waals surface area contributed by atoms with Crippen molar-refractivity contribution in [3.8, 4) is 0 Å². The molecule has 5 heteroatoms. The molecule has 0 aliphatic carbocycles. The van der Waals surface area contributed by atoms with Gasteiger partial charge >= 0.3 is 5.97 Å². The van der Waals surface area contributed by atoms with Crippen LogP contribution >= 0.6 is 0 Å². The van der Waals surface area contributed by atoms with Crippen molar-refractivity contribution in [2.45, 2.75) is 26.4 Å². The Bertz CT molecular complexity index is 282. The van der Waals surface area contributed by atoms with Crippen LogP contribution in [0.1, 0.15) is 19.5 Å². The number of carbonyl (C=O) groups is 1. The largest absolute Gasteiger partial charge is 0.480 e. The molecule has 1 atom stereocenters. The number of nitrogens with one attached hydrogen (secondary N) is 2. The van der Waals surface area contributed by atoms with Crippen LogP contribution in [-0.2, 0) is 11.3 Å². The Kier molecular flexibility index (Phi) is 3.64. The predicted octanol–water partition coefficient (Wildman–Crippen LogP) is 0.608. The van der Waals surface area contributed by atoms with E-state index in [4.69, 9.17) is 5.11 Å². The number of hydrogen-bond acceptors (Lipinski definition) is 3. The predicted molar refractivity (Wildman–Crippen MR) is 51.7 cm³/mol. The molecule has 1 aromatic rings. The molecule has 1 heterocycles. The van der Waals surface area contributed by atoms with Crippen LogP contribution in [0.5, 0.6) is 0 Å². The second kappa shape index (κ2) is 4.76. The first kappa shape index (κ1) is 10.7. The molecule has 0 saturated heterocycles. The van der Waals surface area contributed by atoms with Crippen molar-refractivity contribution in [1.82, 2.24) is 15.5 Å². The van der Waals surface area contributed by atoms with Crippen molar-refractivity contribution in [1.29, 1.82) is 0 Å². The summed E-state index contributed by atoms with van der Waals surface area (Å²) >= 11 is 0. The summed E-state index contributed by atoms with van der Waals surface area (Å²) in [6, 6.07) is 1.30. The Hall–Kier alpha value is -1.36. The van der Waals surface area contributed by atoms with Crippen LogP contribution in [-0.4, -0.2) is 27.3 Å². The van der Waals surface area contributed by atoms with Crippen molar-refractivity contribution in [2.24, 2.45) is 5.92 Å². The van der Waals surface area contributed by atoms with Gasteiger partial charge < -0.3 is 5.11 Å². The Morgan fingerprint density at radius 3 is 2.86 bits per heavy atom. The molecule has 14 heavy (non-hydrogen) atoms. The van der Waals surface area contributed by atoms with Crippen LogP contribution in [0.15, 0.2) is 12.3 Å². The van der Waals surface area contributed by atoms with Crippen LogP contribution in [0.25, 0.3) is 0 Å². The number of nitrogens with zero attached hydrogens (tertiary/aromatic N) is 1. The van der Waals surface area contributed by atoms with E-state index in [1.54, 1.807) is 6.20 Å². The van der Waals surface area contributed by atoms with E-state index >= 15 is 0 Å². The molecule has 0 bridgehead atoms. The smallest absolute Gasteiger partial charge is 0.320 e. The molecule has 3 N–H and O–H groups in total. The Balaban J connectivity index is 2.45. The summed E-state index contributed by atoms with van der Waals surface area (Å²) in [5, 5.41) is 18.4. The normalized spacial score (nSPS) is 13.1. The highest BCUT2D eigenvalue weighted by atomic mass is 16.4. The van der Waals surface area contributed by atoms with E-state index in [0.29, 0.717) is 6.54 Å². The molecule has 0 radical (unpaired) electrons. The maximum absolute atomic E-state index is 10.8. The maximum Gasteiger partial charge on any atom is 0.320 e. The van der Waals surface area contributed by atoms with Gasteiger partial charge in [0.15, 0.2) is 0 Å². The van der Waals surface area contributed by atoms with E-state index in [9.17, 15) is 4.79 Å². The Labute approximate surface area is 82.5 Å². The van der Waals surface area contributed by atoms with Crippen LogP contribution < -0.4 is 5.32 Å². The first-order valence-electron chi connectivity index (χ1n) is 4.55. The summed E-state index contributed by atoms with van der Waals surface area (Å²) in [6.07, 6.45) is 1.64. The summed E-state index contributed by atoms with van der Waals surface area (Å²) < 4.78 is 0. The number of H-pyrrole nitrogens is 1. The maximum atomic E-state index is 10.8. The van der Waals surface area contributed by atoms with Gasteiger partial charge in [0.05, 0.1) is 0 Å². The molecule has 0 aliphatic rings. The summed E-state index contributed by atoms with van der Waals surface area (Å²) in [7, 11) is 0. The van der Waals surface area contributed by atoms with Crippen LogP contribution in [0.3, 0.4) is 0 Å². The molecule has 0 spiro atoms. The highest BCUT2D eigenvalue weighted by molar-refractivity contribution is 5.73. The van der Waals surface area contributed by atoms with Gasteiger partial charge in [-0.15, -0.1) is 0 Å². The van der Waals surface area contributed by atoms with Crippen molar-refractivity contribution in [3.63, 3.8) is 0 Å². The minimum atomic E-state index is -0.820. The number of hydrogen-bond donors (Lipinski definition) is 3. The Morgan fingerprint density at radius 2 is 2.43 bits per heavy atom. The minimum absolute atomic E-state index is 0.0652. The zero-order valence-corrected chi connectivity index (χ0v) is 8.32. The number of carboxylic acid groups (broad SMARTS) is 1. The molecule has 5 nitrogen and oxygen atoms in total. The molecule has 1 unspecified atom stereocenters. The number of aliphatic carboxylic acids is 1. The SMILES string of the molecule is CC(C)C(NCc1ccn[nH]1)C(=O)O. The van der Waals surface area contributed by atoms with Gasteiger partial charge in [0.2, 0.25) is 0 Å². The number of carboxylic acids is 1. The zero-order valence-electron chi connectivity index (χ0n) is 8.32. The quantitative estimate of drug-likeness (QED) is 0.646. The first-order valence-corrected chi connectivity index (χ1v) is 4.55. The lowest BCUT2D eigenvalue weighted by Gasteiger charge is -2.17. The van der Waals surface area contributed by atoms with E-state index in [1.165, 1.54) is 0 Å². The fourth-order valence-corrected chi connectivity index (χ4v) is 1.21. The molecule has 0 aliphatic heterocycles. The number of rotatable bonds is 5. The van der Waals surface area contributed by atoms with Gasteiger partial charge in [-0.25, -0.2) is 0 Å². The van der Waals surface area contributed by atoms with Gasteiger partial charge in [0, 0.05) is 18.4 Å². The van der Waals surface area contributed by atoms with E-state index in [1.807, 2.05) is 19.9 Å². The van der Waals surface area contributed by atoms with Crippen LogP contribution in [0.4, 0.5) is 0 Å². The van der Waals surface area contributed by atoms with E-state index in [-0.39, 0.29) is 5.92 Å². The van der Waals surface area contributed by atoms with Gasteiger partial charge in [-0.2, -0.15) is 5.10 Å². The Morgan fingerprint density at radius 1 is 1.71 bits per heavy atom. The average molecular weight is 197 g/mol.